The highest BCUT2D eigenvalue weighted by atomic mass is 15.1. The van der Waals surface area contributed by atoms with E-state index in [9.17, 15) is 0 Å². The summed E-state index contributed by atoms with van der Waals surface area (Å²) in [5.74, 6) is 0.671. The van der Waals surface area contributed by atoms with Gasteiger partial charge in [0, 0.05) is 30.9 Å². The highest BCUT2D eigenvalue weighted by Gasteiger charge is 2.45. The van der Waals surface area contributed by atoms with E-state index in [1.165, 1.54) is 48.9 Å². The molecule has 0 spiro atoms. The quantitative estimate of drug-likeness (QED) is 0.401. The van der Waals surface area contributed by atoms with Gasteiger partial charge in [-0.1, -0.05) is 82.5 Å². The van der Waals surface area contributed by atoms with E-state index in [2.05, 4.69) is 100 Å². The van der Waals surface area contributed by atoms with E-state index < -0.39 is 0 Å². The molecule has 0 aromatic heterocycles. The van der Waals surface area contributed by atoms with Crippen LogP contribution in [-0.2, 0) is 12.1 Å². The summed E-state index contributed by atoms with van der Waals surface area (Å²) < 4.78 is 0. The summed E-state index contributed by atoms with van der Waals surface area (Å²) in [4.78, 5) is 2.52. The fourth-order valence-corrected chi connectivity index (χ4v) is 5.68. The zero-order valence-electron chi connectivity index (χ0n) is 20.8. The standard InChI is InChI=1S/C29H44N2/c1-7-25(14-11-12-20-31(8-2)26-18-16-23(3)17-19-26)29(22-28(4,5)6)27-15-10-9-13-24(27)21-30-29/h9-10,13,15-19,25,30H,7-8,11-12,14,20-22H2,1-6H3. The van der Waals surface area contributed by atoms with Crippen LogP contribution >= 0.6 is 0 Å². The molecule has 0 saturated carbocycles. The summed E-state index contributed by atoms with van der Waals surface area (Å²) in [5, 5.41) is 4.02. The van der Waals surface area contributed by atoms with Gasteiger partial charge in [0.2, 0.25) is 0 Å². The van der Waals surface area contributed by atoms with Gasteiger partial charge in [0.05, 0.1) is 0 Å². The van der Waals surface area contributed by atoms with Crippen molar-refractivity contribution in [2.75, 3.05) is 18.0 Å². The van der Waals surface area contributed by atoms with Gasteiger partial charge in [0.15, 0.2) is 0 Å². The summed E-state index contributed by atoms with van der Waals surface area (Å²) in [5.41, 5.74) is 6.16. The molecule has 2 heteroatoms. The molecule has 0 amide bonds. The number of aryl methyl sites for hydroxylation is 1. The number of benzene rings is 2. The Bertz CT molecular complexity index is 817. The van der Waals surface area contributed by atoms with Crippen LogP contribution in [0.3, 0.4) is 0 Å². The lowest BCUT2D eigenvalue weighted by molar-refractivity contribution is 0.131. The molecule has 0 aliphatic carbocycles. The lowest BCUT2D eigenvalue weighted by Crippen LogP contribution is -2.46. The molecule has 0 fully saturated rings. The highest BCUT2D eigenvalue weighted by molar-refractivity contribution is 5.47. The predicted molar refractivity (Wildman–Crippen MR) is 136 cm³/mol. The Morgan fingerprint density at radius 3 is 2.35 bits per heavy atom. The zero-order chi connectivity index (χ0) is 22.5. The average Bonchev–Trinajstić information content (AvgIpc) is 3.09. The maximum atomic E-state index is 4.02. The van der Waals surface area contributed by atoms with E-state index in [1.54, 1.807) is 5.56 Å². The Hall–Kier alpha value is -1.80. The minimum absolute atomic E-state index is 0.116. The van der Waals surface area contributed by atoms with Crippen molar-refractivity contribution in [2.24, 2.45) is 11.3 Å². The lowest BCUT2D eigenvalue weighted by atomic mass is 9.67. The maximum Gasteiger partial charge on any atom is 0.0473 e. The average molecular weight is 421 g/mol. The minimum Gasteiger partial charge on any atom is -0.372 e. The van der Waals surface area contributed by atoms with Gasteiger partial charge in [-0.05, 0) is 67.7 Å². The van der Waals surface area contributed by atoms with Gasteiger partial charge in [0.25, 0.3) is 0 Å². The van der Waals surface area contributed by atoms with Gasteiger partial charge in [-0.15, -0.1) is 0 Å². The molecule has 1 aliphatic rings. The summed E-state index contributed by atoms with van der Waals surface area (Å²) in [6.07, 6.45) is 6.26. The highest BCUT2D eigenvalue weighted by Crippen LogP contribution is 2.47. The van der Waals surface area contributed by atoms with Crippen LogP contribution in [0.5, 0.6) is 0 Å². The van der Waals surface area contributed by atoms with Crippen molar-refractivity contribution in [3.63, 3.8) is 0 Å². The molecule has 1 heterocycles. The number of anilines is 1. The molecular weight excluding hydrogens is 376 g/mol. The predicted octanol–water partition coefficient (Wildman–Crippen LogP) is 7.45. The Kier molecular flexibility index (Phi) is 7.86. The van der Waals surface area contributed by atoms with Crippen molar-refractivity contribution in [2.45, 2.75) is 85.7 Å². The van der Waals surface area contributed by atoms with Crippen LogP contribution in [0.4, 0.5) is 5.69 Å². The summed E-state index contributed by atoms with van der Waals surface area (Å²) in [6.45, 7) is 17.2. The Balaban J connectivity index is 1.67. The third kappa shape index (κ3) is 5.71. The largest absolute Gasteiger partial charge is 0.372 e. The summed E-state index contributed by atoms with van der Waals surface area (Å²) >= 11 is 0. The molecule has 2 atom stereocenters. The number of fused-ring (bicyclic) bond motifs is 1. The molecule has 0 radical (unpaired) electrons. The molecule has 1 N–H and O–H groups in total. The Morgan fingerprint density at radius 2 is 1.71 bits per heavy atom. The second-order valence-corrected chi connectivity index (χ2v) is 10.7. The van der Waals surface area contributed by atoms with Crippen LogP contribution in [0.2, 0.25) is 0 Å². The Labute approximate surface area is 191 Å². The van der Waals surface area contributed by atoms with Crippen molar-refractivity contribution in [1.82, 2.24) is 5.32 Å². The van der Waals surface area contributed by atoms with E-state index in [0.29, 0.717) is 11.3 Å². The summed E-state index contributed by atoms with van der Waals surface area (Å²) in [6, 6.07) is 18.1. The molecule has 3 rings (SSSR count). The normalized spacial score (nSPS) is 19.3. The van der Waals surface area contributed by atoms with Gasteiger partial charge in [0.1, 0.15) is 0 Å². The van der Waals surface area contributed by atoms with Gasteiger partial charge < -0.3 is 10.2 Å². The second kappa shape index (κ2) is 10.2. The molecule has 170 valence electrons. The van der Waals surface area contributed by atoms with E-state index in [-0.39, 0.29) is 5.54 Å². The molecule has 2 aromatic carbocycles. The van der Waals surface area contributed by atoms with Gasteiger partial charge in [-0.2, -0.15) is 0 Å². The van der Waals surface area contributed by atoms with Crippen LogP contribution in [0.15, 0.2) is 48.5 Å². The lowest BCUT2D eigenvalue weighted by Gasteiger charge is -2.43. The topological polar surface area (TPSA) is 15.3 Å². The van der Waals surface area contributed by atoms with Crippen LogP contribution in [0.25, 0.3) is 0 Å². The molecule has 2 unspecified atom stereocenters. The molecular formula is C29H44N2. The van der Waals surface area contributed by atoms with Crippen molar-refractivity contribution in [3.05, 3.63) is 65.2 Å². The van der Waals surface area contributed by atoms with Gasteiger partial charge >= 0.3 is 0 Å². The zero-order valence-corrected chi connectivity index (χ0v) is 20.8. The monoisotopic (exact) mass is 420 g/mol. The molecule has 0 saturated heterocycles. The SMILES string of the molecule is CCC(CCCCN(CC)c1ccc(C)cc1)C1(CC(C)(C)C)NCc2ccccc21. The van der Waals surface area contributed by atoms with Crippen molar-refractivity contribution < 1.29 is 0 Å². The summed E-state index contributed by atoms with van der Waals surface area (Å²) in [7, 11) is 0. The van der Waals surface area contributed by atoms with E-state index in [0.717, 1.165) is 19.6 Å². The van der Waals surface area contributed by atoms with Crippen LogP contribution in [-0.4, -0.2) is 13.1 Å². The molecule has 2 nitrogen and oxygen atoms in total. The fourth-order valence-electron chi connectivity index (χ4n) is 5.68. The number of rotatable bonds is 10. The van der Waals surface area contributed by atoms with Crippen molar-refractivity contribution in [1.29, 1.82) is 0 Å². The number of unbranched alkanes of at least 4 members (excludes halogenated alkanes) is 1. The van der Waals surface area contributed by atoms with E-state index in [4.69, 9.17) is 0 Å². The number of nitrogens with one attached hydrogen (secondary N) is 1. The Morgan fingerprint density at radius 1 is 1.00 bits per heavy atom. The molecule has 1 aliphatic heterocycles. The fraction of sp³-hybridized carbons (Fsp3) is 0.586. The second-order valence-electron chi connectivity index (χ2n) is 10.7. The minimum atomic E-state index is 0.116. The van der Waals surface area contributed by atoms with Crippen LogP contribution in [0.1, 0.15) is 83.4 Å². The van der Waals surface area contributed by atoms with Crippen molar-refractivity contribution in [3.8, 4) is 0 Å². The first-order valence-corrected chi connectivity index (χ1v) is 12.4. The smallest absolute Gasteiger partial charge is 0.0473 e. The van der Waals surface area contributed by atoms with Crippen LogP contribution in [0, 0.1) is 18.3 Å². The van der Waals surface area contributed by atoms with E-state index in [1.807, 2.05) is 0 Å². The van der Waals surface area contributed by atoms with Crippen LogP contribution < -0.4 is 10.2 Å². The number of hydrogen-bond acceptors (Lipinski definition) is 2. The first-order valence-electron chi connectivity index (χ1n) is 12.4. The third-order valence-corrected chi connectivity index (χ3v) is 7.10. The first-order chi connectivity index (χ1) is 14.8. The maximum absolute atomic E-state index is 4.02. The van der Waals surface area contributed by atoms with E-state index >= 15 is 0 Å². The third-order valence-electron chi connectivity index (χ3n) is 7.10. The first kappa shape index (κ1) is 23.9. The molecule has 0 bridgehead atoms. The van der Waals surface area contributed by atoms with Gasteiger partial charge in [-0.3, -0.25) is 0 Å². The number of hydrogen-bond donors (Lipinski definition) is 1. The van der Waals surface area contributed by atoms with Gasteiger partial charge in [-0.25, -0.2) is 0 Å². The van der Waals surface area contributed by atoms with Crippen molar-refractivity contribution >= 4 is 5.69 Å². The molecule has 2 aromatic rings. The molecule has 31 heavy (non-hydrogen) atoms. The number of nitrogens with zero attached hydrogens (tertiary/aromatic N) is 1.